The quantitative estimate of drug-likeness (QED) is 0.164. The highest BCUT2D eigenvalue weighted by Gasteiger charge is 2.48. The first-order chi connectivity index (χ1) is 30.9. The van der Waals surface area contributed by atoms with E-state index >= 15 is 0 Å². The fraction of sp³-hybridized carbons (Fsp3) is 0.0545. The molecule has 1 aliphatic carbocycles. The summed E-state index contributed by atoms with van der Waals surface area (Å²) in [5.74, 6) is 7.00. The van der Waals surface area contributed by atoms with Gasteiger partial charge in [0.1, 0.15) is 46.0 Å². The first-order valence-electron chi connectivity index (χ1n) is 21.4. The Balaban J connectivity index is 0.941. The summed E-state index contributed by atoms with van der Waals surface area (Å²) in [6.45, 7) is 4.68. The molecular weight excluding hydrogens is 810 g/mol. The molecule has 4 heterocycles. The summed E-state index contributed by atoms with van der Waals surface area (Å²) in [6.07, 6.45) is 0. The molecule has 4 aliphatic heterocycles. The van der Waals surface area contributed by atoms with Gasteiger partial charge in [0.05, 0.1) is 0 Å². The van der Waals surface area contributed by atoms with Crippen LogP contribution in [0.5, 0.6) is 46.0 Å². The highest BCUT2D eigenvalue weighted by molar-refractivity contribution is 8.01. The van der Waals surface area contributed by atoms with E-state index in [0.29, 0.717) is 0 Å². The highest BCUT2D eigenvalue weighted by atomic mass is 32.2. The van der Waals surface area contributed by atoms with Gasteiger partial charge in [-0.2, -0.15) is 0 Å². The number of benzene rings is 9. The van der Waals surface area contributed by atoms with Crippen LogP contribution in [0.15, 0.2) is 189 Å². The van der Waals surface area contributed by atoms with E-state index in [1.807, 2.05) is 84.2 Å². The normalized spacial score (nSPS) is 14.7. The van der Waals surface area contributed by atoms with Gasteiger partial charge in [-0.1, -0.05) is 133 Å². The molecule has 4 nitrogen and oxygen atoms in total. The number of ether oxygens (including phenoxy) is 4. The Morgan fingerprint density at radius 1 is 0.460 bits per heavy atom. The van der Waals surface area contributed by atoms with Crippen molar-refractivity contribution in [1.29, 1.82) is 0 Å². The maximum atomic E-state index is 7.16. The molecule has 0 aromatic heterocycles. The predicted octanol–water partition coefficient (Wildman–Crippen LogP) is 10.9. The Morgan fingerprint density at radius 2 is 1.08 bits per heavy atom. The Morgan fingerprint density at radius 3 is 1.81 bits per heavy atom. The van der Waals surface area contributed by atoms with Crippen LogP contribution in [-0.2, 0) is 5.41 Å². The van der Waals surface area contributed by atoms with E-state index in [1.54, 1.807) is 0 Å². The van der Waals surface area contributed by atoms with Crippen LogP contribution in [0.1, 0.15) is 25.0 Å². The van der Waals surface area contributed by atoms with Crippen LogP contribution in [0.25, 0.3) is 21.9 Å². The van der Waals surface area contributed by atoms with E-state index in [9.17, 15) is 0 Å². The molecule has 0 radical (unpaired) electrons. The fourth-order valence-electron chi connectivity index (χ4n) is 10.8. The van der Waals surface area contributed by atoms with Crippen molar-refractivity contribution in [2.75, 3.05) is 0 Å². The first kappa shape index (κ1) is 35.8. The van der Waals surface area contributed by atoms with Gasteiger partial charge in [0, 0.05) is 30.6 Å². The summed E-state index contributed by atoms with van der Waals surface area (Å²) in [5, 5.41) is 2.29. The van der Waals surface area contributed by atoms with Crippen molar-refractivity contribution in [1.82, 2.24) is 0 Å². The van der Waals surface area contributed by atoms with Crippen molar-refractivity contribution in [3.05, 3.63) is 181 Å². The molecule has 14 rings (SSSR count). The lowest BCUT2D eigenvalue weighted by molar-refractivity contribution is 0.466. The van der Waals surface area contributed by atoms with Gasteiger partial charge < -0.3 is 18.9 Å². The molecule has 5 aliphatic rings. The van der Waals surface area contributed by atoms with E-state index in [1.165, 1.54) is 80.0 Å². The van der Waals surface area contributed by atoms with Crippen molar-refractivity contribution in [3.8, 4) is 57.1 Å². The number of hydrogen-bond acceptors (Lipinski definition) is 6. The zero-order valence-electron chi connectivity index (χ0n) is 34.3. The molecule has 0 fully saturated rings. The van der Waals surface area contributed by atoms with Crippen LogP contribution in [0.3, 0.4) is 0 Å². The number of hydrogen-bond donors (Lipinski definition) is 0. The smallest absolute Gasteiger partial charge is 0.253 e. The Kier molecular flexibility index (Phi) is 7.48. The second-order valence-electron chi connectivity index (χ2n) is 17.5. The van der Waals surface area contributed by atoms with E-state index in [0.717, 1.165) is 51.4 Å². The van der Waals surface area contributed by atoms with Crippen molar-refractivity contribution >= 4 is 80.5 Å². The minimum atomic E-state index is -0.331. The molecule has 63 heavy (non-hydrogen) atoms. The Bertz CT molecular complexity index is 3460. The predicted molar refractivity (Wildman–Crippen MR) is 258 cm³/mol. The topological polar surface area (TPSA) is 36.9 Å². The summed E-state index contributed by atoms with van der Waals surface area (Å²) in [5.41, 5.74) is 12.2. The molecule has 0 saturated carbocycles. The van der Waals surface area contributed by atoms with Crippen molar-refractivity contribution in [2.45, 2.75) is 38.8 Å². The third kappa shape index (κ3) is 5.22. The molecule has 296 valence electrons. The number of fused-ring (bicyclic) bond motifs is 14. The van der Waals surface area contributed by atoms with Gasteiger partial charge in [-0.05, 0) is 134 Å². The van der Waals surface area contributed by atoms with Crippen LogP contribution < -0.4 is 51.7 Å². The van der Waals surface area contributed by atoms with Gasteiger partial charge in [-0.3, -0.25) is 0 Å². The standard InChI is InChI=1S/C55H34B2O4S2/c1-55(2)39-27-35(59-33-15-7-4-8-16-33)22-24-37(39)38-28-49-52-53(50(38)55)61-45-20-12-10-18-41(45)57(52)42-29-43-48(30-47(42)62-49)63-54-36-23-21-34(58-32-13-5-3-6-14-32)25-31(36)26-46-51(54)56(43)40-17-9-11-19-44(40)60-46/h3-30H,1-2H3. The molecular formula is C55H34B2O4S2. The summed E-state index contributed by atoms with van der Waals surface area (Å²) >= 11 is 3.75. The van der Waals surface area contributed by atoms with E-state index in [2.05, 4.69) is 123 Å². The number of para-hydroxylation sites is 4. The third-order valence-corrected chi connectivity index (χ3v) is 15.9. The molecule has 0 unspecified atom stereocenters. The molecule has 0 saturated heterocycles. The average molecular weight is 845 g/mol. The molecule has 0 atom stereocenters. The van der Waals surface area contributed by atoms with Gasteiger partial charge in [0.2, 0.25) is 0 Å². The zero-order valence-corrected chi connectivity index (χ0v) is 35.9. The molecule has 0 N–H and O–H groups in total. The van der Waals surface area contributed by atoms with Crippen molar-refractivity contribution in [2.24, 2.45) is 0 Å². The summed E-state index contributed by atoms with van der Waals surface area (Å²) in [4.78, 5) is 5.06. The van der Waals surface area contributed by atoms with Crippen LogP contribution in [0.2, 0.25) is 0 Å². The lowest BCUT2D eigenvalue weighted by Gasteiger charge is -2.38. The second-order valence-corrected chi connectivity index (χ2v) is 19.6. The Hall–Kier alpha value is -6.73. The monoisotopic (exact) mass is 844 g/mol. The van der Waals surface area contributed by atoms with Gasteiger partial charge in [0.25, 0.3) is 13.4 Å². The lowest BCUT2D eigenvalue weighted by Crippen LogP contribution is -2.62. The van der Waals surface area contributed by atoms with Gasteiger partial charge in [0.15, 0.2) is 0 Å². The first-order valence-corrected chi connectivity index (χ1v) is 23.1. The minimum Gasteiger partial charge on any atom is -0.458 e. The second kappa shape index (κ2) is 13.1. The molecule has 9 aromatic carbocycles. The van der Waals surface area contributed by atoms with Crippen molar-refractivity contribution < 1.29 is 18.9 Å². The maximum Gasteiger partial charge on any atom is 0.253 e. The summed E-state index contributed by atoms with van der Waals surface area (Å²) < 4.78 is 26.7. The van der Waals surface area contributed by atoms with Crippen LogP contribution >= 0.6 is 23.5 Å². The Labute approximate surface area is 374 Å². The zero-order chi connectivity index (χ0) is 41.6. The molecule has 0 spiro atoms. The van der Waals surface area contributed by atoms with E-state index < -0.39 is 0 Å². The SMILES string of the molecule is CC1(C)c2cc(Oc3ccccc3)ccc2-c2cc3c4c(c21)Oc1ccccc1B4c1cc2c(cc1S3)Sc1c3c(cc4cc(Oc5ccccc5)ccc14)Oc1ccccc1B23. The third-order valence-electron chi connectivity index (χ3n) is 13.5. The highest BCUT2D eigenvalue weighted by Crippen LogP contribution is 2.56. The van der Waals surface area contributed by atoms with E-state index in [-0.39, 0.29) is 18.8 Å². The van der Waals surface area contributed by atoms with Crippen LogP contribution in [-0.4, -0.2) is 13.4 Å². The molecule has 8 heteroatoms. The van der Waals surface area contributed by atoms with Crippen molar-refractivity contribution in [3.63, 3.8) is 0 Å². The summed E-state index contributed by atoms with van der Waals surface area (Å²) in [7, 11) is 0. The number of rotatable bonds is 4. The lowest BCUT2D eigenvalue weighted by atomic mass is 9.32. The summed E-state index contributed by atoms with van der Waals surface area (Å²) in [6, 6.07) is 59.9. The van der Waals surface area contributed by atoms with Gasteiger partial charge in [-0.15, -0.1) is 0 Å². The van der Waals surface area contributed by atoms with Crippen LogP contribution in [0, 0.1) is 0 Å². The van der Waals surface area contributed by atoms with Gasteiger partial charge >= 0.3 is 0 Å². The van der Waals surface area contributed by atoms with Crippen LogP contribution in [0.4, 0.5) is 0 Å². The molecule has 0 bridgehead atoms. The van der Waals surface area contributed by atoms with Gasteiger partial charge in [-0.25, -0.2) is 0 Å². The fourth-order valence-corrected chi connectivity index (χ4v) is 13.4. The molecule has 9 aromatic rings. The maximum absolute atomic E-state index is 7.16. The largest absolute Gasteiger partial charge is 0.458 e. The molecule has 0 amide bonds. The average Bonchev–Trinajstić information content (AvgIpc) is 3.53. The van der Waals surface area contributed by atoms with E-state index in [4.69, 9.17) is 18.9 Å². The minimum absolute atomic E-state index is 0.00359.